The fraction of sp³-hybridized carbons (Fsp3) is 0.571. The molecule has 0 bridgehead atoms. The Labute approximate surface area is 192 Å². The highest BCUT2D eigenvalue weighted by Gasteiger charge is 2.43. The van der Waals surface area contributed by atoms with Crippen LogP contribution in [0.3, 0.4) is 0 Å². The maximum atomic E-state index is 6.96. The van der Waals surface area contributed by atoms with Crippen LogP contribution < -0.4 is 10.4 Å². The van der Waals surface area contributed by atoms with Crippen molar-refractivity contribution in [2.75, 3.05) is 6.61 Å². The highest BCUT2D eigenvalue weighted by Crippen LogP contribution is 2.18. The standard InChI is InChI=1S/C28H44O2Si/c1-5-6-7-8-9-12-19-26(4)30-31(27-20-13-10-14-21-27,28-22-15-11-16-23-28)29-24-17-18-25(2)3/h10-11,13-16,20-23,25-26H,5-9,12,17-19,24H2,1-4H3. The normalized spacial score (nSPS) is 12.9. The second-order valence-corrected chi connectivity index (χ2v) is 12.1. The van der Waals surface area contributed by atoms with Crippen LogP contribution in [-0.2, 0) is 8.85 Å². The molecule has 0 radical (unpaired) electrons. The number of hydrogen-bond acceptors (Lipinski definition) is 2. The lowest BCUT2D eigenvalue weighted by atomic mass is 10.1. The Kier molecular flexibility index (Phi) is 12.2. The molecule has 0 spiro atoms. The summed E-state index contributed by atoms with van der Waals surface area (Å²) in [6.45, 7) is 9.81. The first-order chi connectivity index (χ1) is 15.1. The van der Waals surface area contributed by atoms with Crippen LogP contribution in [0, 0.1) is 5.92 Å². The van der Waals surface area contributed by atoms with Crippen LogP contribution in [0.25, 0.3) is 0 Å². The van der Waals surface area contributed by atoms with Crippen LogP contribution in [-0.4, -0.2) is 21.3 Å². The van der Waals surface area contributed by atoms with Crippen molar-refractivity contribution in [2.45, 2.75) is 91.6 Å². The van der Waals surface area contributed by atoms with Gasteiger partial charge in [-0.05, 0) is 42.5 Å². The van der Waals surface area contributed by atoms with Gasteiger partial charge in [-0.25, -0.2) is 0 Å². The fourth-order valence-electron chi connectivity index (χ4n) is 4.08. The maximum absolute atomic E-state index is 6.96. The summed E-state index contributed by atoms with van der Waals surface area (Å²) < 4.78 is 13.8. The van der Waals surface area contributed by atoms with Crippen LogP contribution >= 0.6 is 0 Å². The second kappa shape index (κ2) is 14.6. The highest BCUT2D eigenvalue weighted by atomic mass is 28.4. The summed E-state index contributed by atoms with van der Waals surface area (Å²) in [5, 5.41) is 2.42. The average Bonchev–Trinajstić information content (AvgIpc) is 2.79. The van der Waals surface area contributed by atoms with Gasteiger partial charge < -0.3 is 8.85 Å². The number of rotatable bonds is 16. The maximum Gasteiger partial charge on any atom is 0.407 e. The molecule has 0 saturated carbocycles. The summed E-state index contributed by atoms with van der Waals surface area (Å²) in [7, 11) is -2.76. The van der Waals surface area contributed by atoms with Crippen LogP contribution in [0.4, 0.5) is 0 Å². The van der Waals surface area contributed by atoms with Gasteiger partial charge in [-0.3, -0.25) is 0 Å². The van der Waals surface area contributed by atoms with Gasteiger partial charge in [-0.1, -0.05) is 120 Å². The number of hydrogen-bond donors (Lipinski definition) is 0. The van der Waals surface area contributed by atoms with Gasteiger partial charge in [-0.15, -0.1) is 0 Å². The third kappa shape index (κ3) is 8.92. The molecule has 1 atom stereocenters. The third-order valence-corrected chi connectivity index (χ3v) is 9.40. The van der Waals surface area contributed by atoms with E-state index in [1.54, 1.807) is 0 Å². The van der Waals surface area contributed by atoms with E-state index in [2.05, 4.69) is 88.4 Å². The molecule has 3 heteroatoms. The molecule has 2 nitrogen and oxygen atoms in total. The van der Waals surface area contributed by atoms with E-state index >= 15 is 0 Å². The van der Waals surface area contributed by atoms with Crippen LogP contribution in [0.2, 0.25) is 0 Å². The van der Waals surface area contributed by atoms with Crippen molar-refractivity contribution in [1.29, 1.82) is 0 Å². The van der Waals surface area contributed by atoms with E-state index in [0.29, 0.717) is 5.92 Å². The molecule has 2 aromatic carbocycles. The lowest BCUT2D eigenvalue weighted by Crippen LogP contribution is -2.64. The van der Waals surface area contributed by atoms with E-state index in [0.717, 1.165) is 19.4 Å². The molecule has 0 heterocycles. The molecule has 0 aliphatic rings. The van der Waals surface area contributed by atoms with Crippen molar-refractivity contribution < 1.29 is 8.85 Å². The molecule has 2 rings (SSSR count). The van der Waals surface area contributed by atoms with Crippen molar-refractivity contribution >= 4 is 18.9 Å². The van der Waals surface area contributed by atoms with Crippen LogP contribution in [0.5, 0.6) is 0 Å². The SMILES string of the molecule is CCCCCCCCC(C)O[Si](OCCCC(C)C)(c1ccccc1)c1ccccc1. The van der Waals surface area contributed by atoms with Gasteiger partial charge in [0.15, 0.2) is 0 Å². The van der Waals surface area contributed by atoms with Gasteiger partial charge in [0.2, 0.25) is 0 Å². The minimum atomic E-state index is -2.76. The van der Waals surface area contributed by atoms with Gasteiger partial charge in [-0.2, -0.15) is 0 Å². The van der Waals surface area contributed by atoms with Crippen LogP contribution in [0.1, 0.15) is 85.5 Å². The van der Waals surface area contributed by atoms with Crippen molar-refractivity contribution in [3.8, 4) is 0 Å². The first-order valence-corrected chi connectivity index (χ1v) is 14.3. The molecular formula is C28H44O2Si. The predicted octanol–water partition coefficient (Wildman–Crippen LogP) is 6.85. The zero-order valence-corrected chi connectivity index (χ0v) is 21.3. The van der Waals surface area contributed by atoms with Crippen LogP contribution in [0.15, 0.2) is 60.7 Å². The fourth-order valence-corrected chi connectivity index (χ4v) is 7.47. The lowest BCUT2D eigenvalue weighted by molar-refractivity contribution is 0.131. The molecule has 0 fully saturated rings. The van der Waals surface area contributed by atoms with Crippen molar-refractivity contribution in [2.24, 2.45) is 5.92 Å². The third-order valence-electron chi connectivity index (χ3n) is 5.87. The summed E-state index contributed by atoms with van der Waals surface area (Å²) in [6, 6.07) is 21.4. The molecule has 0 aliphatic carbocycles. The average molecular weight is 441 g/mol. The van der Waals surface area contributed by atoms with Crippen molar-refractivity contribution in [3.05, 3.63) is 60.7 Å². The molecule has 1 unspecified atom stereocenters. The Morgan fingerprint density at radius 2 is 1.23 bits per heavy atom. The first-order valence-electron chi connectivity index (χ1n) is 12.5. The van der Waals surface area contributed by atoms with Gasteiger partial charge in [0.05, 0.1) is 0 Å². The Hall–Kier alpha value is -1.42. The minimum absolute atomic E-state index is 0.184. The molecule has 0 aliphatic heterocycles. The smallest absolute Gasteiger partial charge is 0.388 e. The topological polar surface area (TPSA) is 18.5 Å². The highest BCUT2D eigenvalue weighted by molar-refractivity contribution is 6.92. The minimum Gasteiger partial charge on any atom is -0.388 e. The van der Waals surface area contributed by atoms with Gasteiger partial charge >= 0.3 is 8.56 Å². The quantitative estimate of drug-likeness (QED) is 0.210. The van der Waals surface area contributed by atoms with E-state index < -0.39 is 8.56 Å². The Bertz CT molecular complexity index is 647. The van der Waals surface area contributed by atoms with Gasteiger partial charge in [0.25, 0.3) is 0 Å². The second-order valence-electron chi connectivity index (χ2n) is 9.22. The summed E-state index contributed by atoms with van der Waals surface area (Å²) in [5.74, 6) is 0.695. The Morgan fingerprint density at radius 3 is 1.77 bits per heavy atom. The molecule has 0 N–H and O–H groups in total. The molecule has 31 heavy (non-hydrogen) atoms. The molecule has 2 aromatic rings. The Morgan fingerprint density at radius 1 is 0.677 bits per heavy atom. The molecule has 0 amide bonds. The summed E-state index contributed by atoms with van der Waals surface area (Å²) in [6.07, 6.45) is 11.4. The van der Waals surface area contributed by atoms with Crippen molar-refractivity contribution in [3.63, 3.8) is 0 Å². The van der Waals surface area contributed by atoms with E-state index in [9.17, 15) is 0 Å². The van der Waals surface area contributed by atoms with E-state index in [1.165, 1.54) is 55.3 Å². The predicted molar refractivity (Wildman–Crippen MR) is 136 cm³/mol. The van der Waals surface area contributed by atoms with E-state index in [4.69, 9.17) is 8.85 Å². The molecular weight excluding hydrogens is 396 g/mol. The monoisotopic (exact) mass is 440 g/mol. The number of unbranched alkanes of at least 4 members (excludes halogenated alkanes) is 5. The zero-order valence-electron chi connectivity index (χ0n) is 20.3. The van der Waals surface area contributed by atoms with Gasteiger partial charge in [0.1, 0.15) is 0 Å². The van der Waals surface area contributed by atoms with Gasteiger partial charge in [0, 0.05) is 12.7 Å². The molecule has 0 saturated heterocycles. The van der Waals surface area contributed by atoms with Crippen molar-refractivity contribution in [1.82, 2.24) is 0 Å². The summed E-state index contributed by atoms with van der Waals surface area (Å²) in [4.78, 5) is 0. The number of benzene rings is 2. The van der Waals surface area contributed by atoms with E-state index in [1.807, 2.05) is 0 Å². The Balaban J connectivity index is 2.17. The van der Waals surface area contributed by atoms with E-state index in [-0.39, 0.29) is 6.10 Å². The summed E-state index contributed by atoms with van der Waals surface area (Å²) >= 11 is 0. The first kappa shape index (κ1) is 25.8. The molecule has 172 valence electrons. The zero-order chi connectivity index (χ0) is 22.4. The summed E-state index contributed by atoms with van der Waals surface area (Å²) in [5.41, 5.74) is 0. The lowest BCUT2D eigenvalue weighted by Gasteiger charge is -2.34. The largest absolute Gasteiger partial charge is 0.407 e. The molecule has 0 aromatic heterocycles.